The number of carbonyl (C=O) groups is 1. The van der Waals surface area contributed by atoms with Gasteiger partial charge in [-0.2, -0.15) is 5.26 Å². The standard InChI is InChI=1S/C13H13N5O3/c1-4-17-11(8(2)19)5-9(13(17)18(20)21)12-10(6-14)15-7-16(12)3/h5,7H,4H2,1-3H3. The Morgan fingerprint density at radius 3 is 2.71 bits per heavy atom. The number of hydrogen-bond donors (Lipinski definition) is 0. The van der Waals surface area contributed by atoms with E-state index in [1.807, 2.05) is 6.07 Å². The Bertz CT molecular complexity index is 779. The molecule has 21 heavy (non-hydrogen) atoms. The van der Waals surface area contributed by atoms with E-state index in [-0.39, 0.29) is 35.1 Å². The molecular formula is C13H13N5O3. The number of carbonyl (C=O) groups excluding carboxylic acids is 1. The van der Waals surface area contributed by atoms with Crippen molar-refractivity contribution in [2.75, 3.05) is 0 Å². The molecule has 0 bridgehead atoms. The molecule has 0 aliphatic heterocycles. The molecule has 0 aliphatic carbocycles. The molecule has 8 heteroatoms. The van der Waals surface area contributed by atoms with Crippen LogP contribution in [-0.2, 0) is 13.6 Å². The van der Waals surface area contributed by atoms with E-state index in [4.69, 9.17) is 5.26 Å². The van der Waals surface area contributed by atoms with Crippen molar-refractivity contribution in [1.29, 1.82) is 5.26 Å². The Kier molecular flexibility index (Phi) is 3.58. The maximum atomic E-state index is 11.7. The molecule has 0 unspecified atom stereocenters. The van der Waals surface area contributed by atoms with E-state index in [1.54, 1.807) is 14.0 Å². The molecule has 0 fully saturated rings. The minimum absolute atomic E-state index is 0.0870. The number of aromatic nitrogens is 3. The third-order valence-corrected chi connectivity index (χ3v) is 3.22. The predicted octanol–water partition coefficient (Wildman–Crippen LogP) is 1.89. The van der Waals surface area contributed by atoms with Crippen LogP contribution < -0.4 is 0 Å². The van der Waals surface area contributed by atoms with Crippen LogP contribution in [0.15, 0.2) is 12.4 Å². The highest BCUT2D eigenvalue weighted by Gasteiger charge is 2.30. The lowest BCUT2D eigenvalue weighted by atomic mass is 10.1. The molecule has 2 aromatic rings. The molecule has 108 valence electrons. The molecule has 0 radical (unpaired) electrons. The highest BCUT2D eigenvalue weighted by Crippen LogP contribution is 2.35. The Balaban J connectivity index is 2.87. The van der Waals surface area contributed by atoms with Crippen molar-refractivity contribution in [1.82, 2.24) is 14.1 Å². The van der Waals surface area contributed by atoms with E-state index < -0.39 is 4.92 Å². The first-order chi connectivity index (χ1) is 9.92. The fourth-order valence-electron chi connectivity index (χ4n) is 2.35. The van der Waals surface area contributed by atoms with Gasteiger partial charge in [0.25, 0.3) is 0 Å². The number of Topliss-reactive ketones (excluding diaryl/α,β-unsaturated/α-hetero) is 1. The van der Waals surface area contributed by atoms with Crippen LogP contribution in [0.2, 0.25) is 0 Å². The Labute approximate surface area is 120 Å². The normalized spacial score (nSPS) is 10.4. The number of nitriles is 1. The number of ketones is 1. The largest absolute Gasteiger partial charge is 0.358 e. The molecule has 0 amide bonds. The fourth-order valence-corrected chi connectivity index (χ4v) is 2.35. The van der Waals surface area contributed by atoms with Crippen LogP contribution >= 0.6 is 0 Å². The quantitative estimate of drug-likeness (QED) is 0.485. The predicted molar refractivity (Wildman–Crippen MR) is 73.7 cm³/mol. The van der Waals surface area contributed by atoms with E-state index in [0.29, 0.717) is 5.69 Å². The molecule has 0 aliphatic rings. The molecule has 8 nitrogen and oxygen atoms in total. The van der Waals surface area contributed by atoms with Crippen LogP contribution in [0, 0.1) is 21.4 Å². The van der Waals surface area contributed by atoms with E-state index in [0.717, 1.165) is 0 Å². The molecule has 2 aromatic heterocycles. The first kappa shape index (κ1) is 14.5. The van der Waals surface area contributed by atoms with Crippen LogP contribution in [0.4, 0.5) is 5.82 Å². The molecule has 2 rings (SSSR count). The number of rotatable bonds is 4. The molecule has 2 heterocycles. The Morgan fingerprint density at radius 1 is 1.57 bits per heavy atom. The molecule has 0 atom stereocenters. The second-order valence-electron chi connectivity index (χ2n) is 4.49. The Hall–Kier alpha value is -2.95. The summed E-state index contributed by atoms with van der Waals surface area (Å²) < 4.78 is 2.87. The monoisotopic (exact) mass is 287 g/mol. The first-order valence-corrected chi connectivity index (χ1v) is 6.23. The number of aryl methyl sites for hydroxylation is 1. The van der Waals surface area contributed by atoms with Crippen LogP contribution in [0.1, 0.15) is 30.0 Å². The number of hydrogen-bond acceptors (Lipinski definition) is 5. The zero-order valence-corrected chi connectivity index (χ0v) is 11.8. The van der Waals surface area contributed by atoms with Crippen molar-refractivity contribution >= 4 is 11.6 Å². The number of nitrogens with zero attached hydrogens (tertiary/aromatic N) is 5. The molecule has 0 N–H and O–H groups in total. The van der Waals surface area contributed by atoms with Gasteiger partial charge in [0, 0.05) is 20.0 Å². The third kappa shape index (κ3) is 2.18. The topological polar surface area (TPSA) is 107 Å². The average molecular weight is 287 g/mol. The maximum absolute atomic E-state index is 11.7. The van der Waals surface area contributed by atoms with Gasteiger partial charge < -0.3 is 14.7 Å². The average Bonchev–Trinajstić information content (AvgIpc) is 2.98. The van der Waals surface area contributed by atoms with Crippen LogP contribution in [-0.4, -0.2) is 24.8 Å². The van der Waals surface area contributed by atoms with E-state index in [1.165, 1.54) is 28.5 Å². The molecule has 0 saturated heterocycles. The van der Waals surface area contributed by atoms with E-state index in [2.05, 4.69) is 4.98 Å². The summed E-state index contributed by atoms with van der Waals surface area (Å²) in [6, 6.07) is 3.35. The number of imidazole rings is 1. The van der Waals surface area contributed by atoms with Gasteiger partial charge in [-0.3, -0.25) is 4.79 Å². The van der Waals surface area contributed by atoms with Gasteiger partial charge in [0.1, 0.15) is 6.07 Å². The summed E-state index contributed by atoms with van der Waals surface area (Å²) in [5, 5.41) is 20.5. The highest BCUT2D eigenvalue weighted by molar-refractivity contribution is 5.96. The Morgan fingerprint density at radius 2 is 2.24 bits per heavy atom. The van der Waals surface area contributed by atoms with Crippen molar-refractivity contribution in [3.63, 3.8) is 0 Å². The third-order valence-electron chi connectivity index (χ3n) is 3.22. The summed E-state index contributed by atoms with van der Waals surface area (Å²) in [7, 11) is 1.64. The zero-order valence-electron chi connectivity index (χ0n) is 11.8. The minimum atomic E-state index is -0.542. The van der Waals surface area contributed by atoms with Crippen LogP contribution in [0.5, 0.6) is 0 Å². The second kappa shape index (κ2) is 5.20. The minimum Gasteiger partial charge on any atom is -0.358 e. The molecule has 0 spiro atoms. The summed E-state index contributed by atoms with van der Waals surface area (Å²) in [6.07, 6.45) is 1.41. The van der Waals surface area contributed by atoms with Crippen molar-refractivity contribution in [2.45, 2.75) is 20.4 Å². The van der Waals surface area contributed by atoms with Crippen LogP contribution in [0.25, 0.3) is 11.3 Å². The van der Waals surface area contributed by atoms with Gasteiger partial charge in [-0.15, -0.1) is 0 Å². The SMILES string of the molecule is CCn1c(C(C)=O)cc(-c2c(C#N)ncn2C)c1[N+](=O)[O-]. The van der Waals surface area contributed by atoms with Gasteiger partial charge in [0.05, 0.1) is 24.1 Å². The van der Waals surface area contributed by atoms with Gasteiger partial charge in [-0.1, -0.05) is 0 Å². The van der Waals surface area contributed by atoms with E-state index >= 15 is 0 Å². The zero-order chi connectivity index (χ0) is 15.7. The molecule has 0 aromatic carbocycles. The number of nitro groups is 1. The van der Waals surface area contributed by atoms with Crippen molar-refractivity contribution in [3.05, 3.63) is 33.9 Å². The van der Waals surface area contributed by atoms with E-state index in [9.17, 15) is 14.9 Å². The second-order valence-corrected chi connectivity index (χ2v) is 4.49. The summed E-state index contributed by atoms with van der Waals surface area (Å²) in [5.74, 6) is -0.477. The van der Waals surface area contributed by atoms with Crippen molar-refractivity contribution in [3.8, 4) is 17.3 Å². The van der Waals surface area contributed by atoms with Gasteiger partial charge in [-0.25, -0.2) is 9.55 Å². The summed E-state index contributed by atoms with van der Waals surface area (Å²) >= 11 is 0. The van der Waals surface area contributed by atoms with Crippen molar-refractivity contribution < 1.29 is 9.72 Å². The summed E-state index contributed by atoms with van der Waals surface area (Å²) in [5.41, 5.74) is 0.885. The highest BCUT2D eigenvalue weighted by atomic mass is 16.6. The van der Waals surface area contributed by atoms with Crippen molar-refractivity contribution in [2.24, 2.45) is 7.05 Å². The lowest BCUT2D eigenvalue weighted by Gasteiger charge is -2.04. The molecular weight excluding hydrogens is 274 g/mol. The van der Waals surface area contributed by atoms with Crippen LogP contribution in [0.3, 0.4) is 0 Å². The van der Waals surface area contributed by atoms with Gasteiger partial charge in [-0.05, 0) is 11.8 Å². The maximum Gasteiger partial charge on any atom is 0.333 e. The summed E-state index contributed by atoms with van der Waals surface area (Å²) in [6.45, 7) is 3.35. The lowest BCUT2D eigenvalue weighted by Crippen LogP contribution is -2.08. The first-order valence-electron chi connectivity index (χ1n) is 6.23. The smallest absolute Gasteiger partial charge is 0.333 e. The lowest BCUT2D eigenvalue weighted by molar-refractivity contribution is -0.391. The molecule has 0 saturated carbocycles. The van der Waals surface area contributed by atoms with Gasteiger partial charge >= 0.3 is 5.82 Å². The summed E-state index contributed by atoms with van der Waals surface area (Å²) in [4.78, 5) is 26.5. The fraction of sp³-hybridized carbons (Fsp3) is 0.308. The van der Waals surface area contributed by atoms with Gasteiger partial charge in [0.2, 0.25) is 0 Å². The van der Waals surface area contributed by atoms with Gasteiger partial charge in [0.15, 0.2) is 17.2 Å².